The van der Waals surface area contributed by atoms with Crippen LogP contribution in [0.1, 0.15) is 36.3 Å². The van der Waals surface area contributed by atoms with E-state index >= 15 is 0 Å². The Morgan fingerprint density at radius 2 is 2.00 bits per heavy atom. The van der Waals surface area contributed by atoms with Gasteiger partial charge in [-0.15, -0.1) is 0 Å². The quantitative estimate of drug-likeness (QED) is 0.651. The summed E-state index contributed by atoms with van der Waals surface area (Å²) in [5.41, 5.74) is 4.64. The Hall–Kier alpha value is -3.08. The molecule has 0 saturated carbocycles. The van der Waals surface area contributed by atoms with Gasteiger partial charge in [0.15, 0.2) is 0 Å². The Kier molecular flexibility index (Phi) is 5.60. The standard InChI is InChI=1S/C22H24N2O3/c1-5-26-20-12-21-19(15(3)16(4)27-21)11-18(20)14(2)10-22(25)24-13-17-6-8-23-9-7-17/h6-12H,5,13H2,1-4H3,(H,24,25)/b14-10+. The highest BCUT2D eigenvalue weighted by atomic mass is 16.5. The Morgan fingerprint density at radius 3 is 2.70 bits per heavy atom. The molecule has 1 N–H and O–H groups in total. The van der Waals surface area contributed by atoms with Gasteiger partial charge in [0, 0.05) is 42.0 Å². The van der Waals surface area contributed by atoms with Crippen LogP contribution in [0.15, 0.2) is 47.2 Å². The average molecular weight is 364 g/mol. The summed E-state index contributed by atoms with van der Waals surface area (Å²) in [7, 11) is 0. The molecule has 1 aromatic carbocycles. The molecule has 0 radical (unpaired) electrons. The molecule has 0 spiro atoms. The number of carbonyl (C=O) groups excluding carboxylic acids is 1. The lowest BCUT2D eigenvalue weighted by Gasteiger charge is -2.11. The van der Waals surface area contributed by atoms with Crippen molar-refractivity contribution in [3.8, 4) is 5.75 Å². The highest BCUT2D eigenvalue weighted by Crippen LogP contribution is 2.34. The van der Waals surface area contributed by atoms with Crippen molar-refractivity contribution in [2.24, 2.45) is 0 Å². The molecule has 3 aromatic rings. The van der Waals surface area contributed by atoms with E-state index < -0.39 is 0 Å². The van der Waals surface area contributed by atoms with E-state index in [2.05, 4.69) is 10.3 Å². The second kappa shape index (κ2) is 8.08. The Balaban J connectivity index is 1.87. The topological polar surface area (TPSA) is 64.4 Å². The fraction of sp³-hybridized carbons (Fsp3) is 0.273. The lowest BCUT2D eigenvalue weighted by molar-refractivity contribution is -0.116. The summed E-state index contributed by atoms with van der Waals surface area (Å²) < 4.78 is 11.6. The molecule has 0 aliphatic rings. The first-order chi connectivity index (χ1) is 13.0. The van der Waals surface area contributed by atoms with Crippen molar-refractivity contribution in [2.45, 2.75) is 34.2 Å². The largest absolute Gasteiger partial charge is 0.493 e. The lowest BCUT2D eigenvalue weighted by Crippen LogP contribution is -2.20. The van der Waals surface area contributed by atoms with Gasteiger partial charge in [0.25, 0.3) is 0 Å². The molecule has 0 saturated heterocycles. The van der Waals surface area contributed by atoms with Crippen LogP contribution in [-0.2, 0) is 11.3 Å². The number of hydrogen-bond donors (Lipinski definition) is 1. The Morgan fingerprint density at radius 1 is 1.26 bits per heavy atom. The number of hydrogen-bond acceptors (Lipinski definition) is 4. The predicted molar refractivity (Wildman–Crippen MR) is 107 cm³/mol. The third-order valence-electron chi connectivity index (χ3n) is 4.57. The number of aryl methyl sites for hydroxylation is 2. The zero-order valence-electron chi connectivity index (χ0n) is 16.1. The monoisotopic (exact) mass is 364 g/mol. The number of nitrogens with zero attached hydrogens (tertiary/aromatic N) is 1. The smallest absolute Gasteiger partial charge is 0.244 e. The number of furan rings is 1. The minimum absolute atomic E-state index is 0.146. The van der Waals surface area contributed by atoms with E-state index in [1.165, 1.54) is 0 Å². The normalized spacial score (nSPS) is 11.6. The van der Waals surface area contributed by atoms with E-state index in [0.717, 1.165) is 44.7 Å². The van der Waals surface area contributed by atoms with Crippen molar-refractivity contribution < 1.29 is 13.9 Å². The molecular weight excluding hydrogens is 340 g/mol. The van der Waals surface area contributed by atoms with E-state index in [1.54, 1.807) is 18.5 Å². The van der Waals surface area contributed by atoms with Gasteiger partial charge in [0.1, 0.15) is 17.1 Å². The summed E-state index contributed by atoms with van der Waals surface area (Å²) in [5.74, 6) is 1.46. The van der Waals surface area contributed by atoms with Crippen molar-refractivity contribution in [3.63, 3.8) is 0 Å². The van der Waals surface area contributed by atoms with Gasteiger partial charge < -0.3 is 14.5 Å². The van der Waals surface area contributed by atoms with Crippen molar-refractivity contribution in [3.05, 3.63) is 65.2 Å². The van der Waals surface area contributed by atoms with Gasteiger partial charge in [-0.05, 0) is 62.6 Å². The minimum atomic E-state index is -0.146. The number of benzene rings is 1. The van der Waals surface area contributed by atoms with Gasteiger partial charge in [-0.2, -0.15) is 0 Å². The van der Waals surface area contributed by atoms with Gasteiger partial charge >= 0.3 is 0 Å². The molecule has 140 valence electrons. The zero-order chi connectivity index (χ0) is 19.4. The van der Waals surface area contributed by atoms with Crippen LogP contribution in [0.2, 0.25) is 0 Å². The Labute approximate surface area is 159 Å². The molecule has 1 amide bonds. The second-order valence-electron chi connectivity index (χ2n) is 6.46. The molecule has 2 aromatic heterocycles. The highest BCUT2D eigenvalue weighted by Gasteiger charge is 2.14. The van der Waals surface area contributed by atoms with E-state index in [9.17, 15) is 4.79 Å². The van der Waals surface area contributed by atoms with E-state index in [4.69, 9.17) is 9.15 Å². The molecule has 0 aliphatic heterocycles. The maximum Gasteiger partial charge on any atom is 0.244 e. The number of amides is 1. The predicted octanol–water partition coefficient (Wildman–Crippen LogP) is 4.56. The first-order valence-corrected chi connectivity index (χ1v) is 9.01. The van der Waals surface area contributed by atoms with Gasteiger partial charge in [-0.3, -0.25) is 9.78 Å². The van der Waals surface area contributed by atoms with Gasteiger partial charge in [-0.1, -0.05) is 0 Å². The van der Waals surface area contributed by atoms with E-state index in [-0.39, 0.29) is 5.91 Å². The van der Waals surface area contributed by atoms with Gasteiger partial charge in [0.05, 0.1) is 6.61 Å². The number of fused-ring (bicyclic) bond motifs is 1. The maximum atomic E-state index is 12.3. The van der Waals surface area contributed by atoms with Crippen LogP contribution in [0.3, 0.4) is 0 Å². The summed E-state index contributed by atoms with van der Waals surface area (Å²) in [6.07, 6.45) is 5.02. The molecule has 0 bridgehead atoms. The molecule has 5 heteroatoms. The summed E-state index contributed by atoms with van der Waals surface area (Å²) in [6, 6.07) is 7.69. The first kappa shape index (κ1) is 18.7. The highest BCUT2D eigenvalue weighted by molar-refractivity contribution is 5.97. The lowest BCUT2D eigenvalue weighted by atomic mass is 10.0. The molecule has 5 nitrogen and oxygen atoms in total. The van der Waals surface area contributed by atoms with Crippen molar-refractivity contribution in [1.82, 2.24) is 10.3 Å². The molecule has 0 unspecified atom stereocenters. The number of ether oxygens (including phenoxy) is 1. The number of aromatic nitrogens is 1. The summed E-state index contributed by atoms with van der Waals surface area (Å²) in [4.78, 5) is 16.3. The van der Waals surface area contributed by atoms with Crippen molar-refractivity contribution in [2.75, 3.05) is 6.61 Å². The molecule has 2 heterocycles. The number of nitrogens with one attached hydrogen (secondary N) is 1. The number of pyridine rings is 1. The molecule has 3 rings (SSSR count). The molecule has 0 aliphatic carbocycles. The third-order valence-corrected chi connectivity index (χ3v) is 4.57. The molecule has 27 heavy (non-hydrogen) atoms. The second-order valence-corrected chi connectivity index (χ2v) is 6.46. The van der Waals surface area contributed by atoms with E-state index in [1.807, 2.05) is 52.0 Å². The fourth-order valence-electron chi connectivity index (χ4n) is 2.97. The van der Waals surface area contributed by atoms with Crippen LogP contribution < -0.4 is 10.1 Å². The summed E-state index contributed by atoms with van der Waals surface area (Å²) in [5, 5.41) is 3.94. The van der Waals surface area contributed by atoms with Crippen molar-refractivity contribution >= 4 is 22.4 Å². The Bertz CT molecular complexity index is 988. The van der Waals surface area contributed by atoms with Crippen molar-refractivity contribution in [1.29, 1.82) is 0 Å². The summed E-state index contributed by atoms with van der Waals surface area (Å²) >= 11 is 0. The number of allylic oxidation sites excluding steroid dienone is 1. The maximum absolute atomic E-state index is 12.3. The number of carbonyl (C=O) groups is 1. The first-order valence-electron chi connectivity index (χ1n) is 9.01. The van der Waals surface area contributed by atoms with Crippen LogP contribution in [0.25, 0.3) is 16.5 Å². The fourth-order valence-corrected chi connectivity index (χ4v) is 2.97. The zero-order valence-corrected chi connectivity index (χ0v) is 16.1. The SMILES string of the molecule is CCOc1cc2oc(C)c(C)c2cc1/C(C)=C/C(=O)NCc1ccncc1. The minimum Gasteiger partial charge on any atom is -0.493 e. The molecule has 0 atom stereocenters. The van der Waals surface area contributed by atoms with Gasteiger partial charge in [0.2, 0.25) is 5.91 Å². The third kappa shape index (κ3) is 4.19. The molecular formula is C22H24N2O3. The molecule has 0 fully saturated rings. The van der Waals surface area contributed by atoms with Gasteiger partial charge in [-0.25, -0.2) is 0 Å². The van der Waals surface area contributed by atoms with E-state index in [0.29, 0.717) is 13.2 Å². The number of rotatable bonds is 6. The average Bonchev–Trinajstić information content (AvgIpc) is 2.94. The van der Waals surface area contributed by atoms with Crippen LogP contribution in [0.5, 0.6) is 5.75 Å². The van der Waals surface area contributed by atoms with Crippen LogP contribution in [0.4, 0.5) is 0 Å². The summed E-state index contributed by atoms with van der Waals surface area (Å²) in [6.45, 7) is 8.84. The van der Waals surface area contributed by atoms with Crippen LogP contribution >= 0.6 is 0 Å². The van der Waals surface area contributed by atoms with Crippen LogP contribution in [0, 0.1) is 13.8 Å². The van der Waals surface area contributed by atoms with Crippen LogP contribution in [-0.4, -0.2) is 17.5 Å².